The molecular formula is C17H24N2O2. The maximum absolute atomic E-state index is 11.4. The fourth-order valence-corrected chi connectivity index (χ4v) is 3.35. The molecule has 1 fully saturated rings. The van der Waals surface area contributed by atoms with Gasteiger partial charge in [-0.2, -0.15) is 0 Å². The normalized spacial score (nSPS) is 26.5. The van der Waals surface area contributed by atoms with Gasteiger partial charge >= 0.3 is 0 Å². The molecule has 3 rings (SSSR count). The first-order chi connectivity index (χ1) is 10.1. The summed E-state index contributed by atoms with van der Waals surface area (Å²) in [6, 6.07) is 6.93. The second-order valence-electron chi connectivity index (χ2n) is 6.35. The van der Waals surface area contributed by atoms with Crippen LogP contribution in [0.1, 0.15) is 51.1 Å². The Labute approximate surface area is 126 Å². The zero-order chi connectivity index (χ0) is 14.8. The Hall–Kier alpha value is -1.55. The molecule has 0 aromatic heterocycles. The first kappa shape index (κ1) is 14.4. The van der Waals surface area contributed by atoms with Crippen LogP contribution in [0.2, 0.25) is 0 Å². The Kier molecular flexibility index (Phi) is 4.15. The highest BCUT2D eigenvalue weighted by atomic mass is 16.5. The van der Waals surface area contributed by atoms with Gasteiger partial charge in [-0.25, -0.2) is 0 Å². The third-order valence-corrected chi connectivity index (χ3v) is 4.71. The summed E-state index contributed by atoms with van der Waals surface area (Å²) in [6.07, 6.45) is 5.26. The number of benzene rings is 1. The van der Waals surface area contributed by atoms with Crippen LogP contribution in [0.25, 0.3) is 0 Å². The minimum atomic E-state index is -0.0823. The van der Waals surface area contributed by atoms with Gasteiger partial charge in [-0.05, 0) is 43.4 Å². The van der Waals surface area contributed by atoms with Crippen LogP contribution in [0, 0.1) is 5.92 Å². The van der Waals surface area contributed by atoms with Crippen LogP contribution in [-0.4, -0.2) is 18.6 Å². The van der Waals surface area contributed by atoms with Gasteiger partial charge in [0, 0.05) is 12.1 Å². The molecule has 1 aliphatic heterocycles. The fourth-order valence-electron chi connectivity index (χ4n) is 3.35. The van der Waals surface area contributed by atoms with Gasteiger partial charge in [0.2, 0.25) is 0 Å². The molecule has 21 heavy (non-hydrogen) atoms. The summed E-state index contributed by atoms with van der Waals surface area (Å²) < 4.78 is 5.41. The van der Waals surface area contributed by atoms with Crippen LogP contribution in [-0.2, 0) is 4.79 Å². The molecule has 114 valence electrons. The number of nitrogens with one attached hydrogen (secondary N) is 2. The molecule has 0 spiro atoms. The second-order valence-corrected chi connectivity index (χ2v) is 6.35. The van der Waals surface area contributed by atoms with Gasteiger partial charge in [0.15, 0.2) is 6.61 Å². The molecule has 1 saturated carbocycles. The highest BCUT2D eigenvalue weighted by Crippen LogP contribution is 2.32. The molecular weight excluding hydrogens is 264 g/mol. The van der Waals surface area contributed by atoms with Gasteiger partial charge in [0.1, 0.15) is 5.75 Å². The number of rotatable bonds is 3. The van der Waals surface area contributed by atoms with Gasteiger partial charge in [-0.15, -0.1) is 0 Å². The molecule has 0 bridgehead atoms. The molecule has 4 nitrogen and oxygen atoms in total. The first-order valence-electron chi connectivity index (χ1n) is 7.96. The lowest BCUT2D eigenvalue weighted by Crippen LogP contribution is -2.38. The number of amides is 1. The third-order valence-electron chi connectivity index (χ3n) is 4.71. The van der Waals surface area contributed by atoms with Gasteiger partial charge in [-0.1, -0.05) is 25.8 Å². The van der Waals surface area contributed by atoms with Crippen molar-refractivity contribution < 1.29 is 9.53 Å². The van der Waals surface area contributed by atoms with E-state index < -0.39 is 0 Å². The number of hydrogen-bond acceptors (Lipinski definition) is 3. The van der Waals surface area contributed by atoms with E-state index in [0.29, 0.717) is 6.04 Å². The van der Waals surface area contributed by atoms with Gasteiger partial charge in [0.05, 0.1) is 5.69 Å². The summed E-state index contributed by atoms with van der Waals surface area (Å²) in [5, 5.41) is 6.63. The van der Waals surface area contributed by atoms with E-state index in [1.54, 1.807) is 0 Å². The fraction of sp³-hybridized carbons (Fsp3) is 0.588. The van der Waals surface area contributed by atoms with E-state index in [1.165, 1.54) is 31.2 Å². The molecule has 3 atom stereocenters. The van der Waals surface area contributed by atoms with E-state index in [2.05, 4.69) is 30.5 Å². The predicted octanol–water partition coefficient (Wildman–Crippen LogP) is 3.25. The molecule has 4 heteroatoms. The standard InChI is InChI=1S/C17H24N2O2/c1-11-5-3-4-6-14(11)18-12(2)13-7-8-16-15(9-13)19-17(20)10-21-16/h7-9,11-12,14,18H,3-6,10H2,1-2H3,(H,19,20). The molecule has 1 amide bonds. The van der Waals surface area contributed by atoms with Gasteiger partial charge in [0.25, 0.3) is 5.91 Å². The zero-order valence-corrected chi connectivity index (χ0v) is 12.8. The average Bonchev–Trinajstić information content (AvgIpc) is 2.48. The van der Waals surface area contributed by atoms with E-state index in [0.717, 1.165) is 17.4 Å². The van der Waals surface area contributed by atoms with Crippen molar-refractivity contribution in [3.63, 3.8) is 0 Å². The summed E-state index contributed by atoms with van der Waals surface area (Å²) >= 11 is 0. The van der Waals surface area contributed by atoms with E-state index in [-0.39, 0.29) is 18.6 Å². The smallest absolute Gasteiger partial charge is 0.262 e. The number of hydrogen-bond donors (Lipinski definition) is 2. The van der Waals surface area contributed by atoms with Crippen molar-refractivity contribution in [2.45, 2.75) is 51.6 Å². The molecule has 2 N–H and O–H groups in total. The lowest BCUT2D eigenvalue weighted by atomic mass is 9.85. The van der Waals surface area contributed by atoms with Gasteiger partial charge in [-0.3, -0.25) is 4.79 Å². The van der Waals surface area contributed by atoms with Crippen molar-refractivity contribution in [1.29, 1.82) is 0 Å². The molecule has 1 heterocycles. The van der Waals surface area contributed by atoms with Gasteiger partial charge < -0.3 is 15.4 Å². The van der Waals surface area contributed by atoms with E-state index in [9.17, 15) is 4.79 Å². The lowest BCUT2D eigenvalue weighted by Gasteiger charge is -2.32. The Bertz CT molecular complexity index is 530. The molecule has 1 aromatic rings. The van der Waals surface area contributed by atoms with Crippen molar-refractivity contribution in [2.75, 3.05) is 11.9 Å². The van der Waals surface area contributed by atoms with Crippen LogP contribution >= 0.6 is 0 Å². The Balaban J connectivity index is 1.71. The van der Waals surface area contributed by atoms with Crippen molar-refractivity contribution in [3.8, 4) is 5.75 Å². The number of anilines is 1. The minimum Gasteiger partial charge on any atom is -0.482 e. The number of ether oxygens (including phenoxy) is 1. The number of fused-ring (bicyclic) bond motifs is 1. The highest BCUT2D eigenvalue weighted by molar-refractivity contribution is 5.95. The number of carbonyl (C=O) groups is 1. The molecule has 2 aliphatic rings. The molecule has 3 unspecified atom stereocenters. The van der Waals surface area contributed by atoms with Crippen molar-refractivity contribution in [2.24, 2.45) is 5.92 Å². The summed E-state index contributed by atoms with van der Waals surface area (Å²) in [7, 11) is 0. The summed E-state index contributed by atoms with van der Waals surface area (Å²) in [4.78, 5) is 11.4. The summed E-state index contributed by atoms with van der Waals surface area (Å²) in [5.41, 5.74) is 1.98. The van der Waals surface area contributed by atoms with E-state index in [1.807, 2.05) is 12.1 Å². The van der Waals surface area contributed by atoms with Crippen LogP contribution < -0.4 is 15.4 Å². The Morgan fingerprint density at radius 2 is 2.14 bits per heavy atom. The first-order valence-corrected chi connectivity index (χ1v) is 7.96. The maximum Gasteiger partial charge on any atom is 0.262 e. The SMILES string of the molecule is CC(NC1CCCCC1C)c1ccc2c(c1)NC(=O)CO2. The zero-order valence-electron chi connectivity index (χ0n) is 12.8. The Morgan fingerprint density at radius 1 is 1.33 bits per heavy atom. The van der Waals surface area contributed by atoms with E-state index >= 15 is 0 Å². The lowest BCUT2D eigenvalue weighted by molar-refractivity contribution is -0.118. The quantitative estimate of drug-likeness (QED) is 0.897. The third kappa shape index (κ3) is 3.21. The average molecular weight is 288 g/mol. The topological polar surface area (TPSA) is 50.4 Å². The number of carbonyl (C=O) groups excluding carboxylic acids is 1. The van der Waals surface area contributed by atoms with Crippen molar-refractivity contribution >= 4 is 11.6 Å². The minimum absolute atomic E-state index is 0.0823. The Morgan fingerprint density at radius 3 is 2.95 bits per heavy atom. The van der Waals surface area contributed by atoms with Crippen LogP contribution in [0.4, 0.5) is 5.69 Å². The monoisotopic (exact) mass is 288 g/mol. The van der Waals surface area contributed by atoms with Crippen LogP contribution in [0.5, 0.6) is 5.75 Å². The van der Waals surface area contributed by atoms with Crippen molar-refractivity contribution in [3.05, 3.63) is 23.8 Å². The van der Waals surface area contributed by atoms with Crippen LogP contribution in [0.3, 0.4) is 0 Å². The summed E-state index contributed by atoms with van der Waals surface area (Å²) in [6.45, 7) is 4.64. The highest BCUT2D eigenvalue weighted by Gasteiger charge is 2.23. The van der Waals surface area contributed by atoms with E-state index in [4.69, 9.17) is 4.74 Å². The molecule has 0 radical (unpaired) electrons. The van der Waals surface area contributed by atoms with Crippen LogP contribution in [0.15, 0.2) is 18.2 Å². The maximum atomic E-state index is 11.4. The second kappa shape index (κ2) is 6.06. The molecule has 1 aliphatic carbocycles. The van der Waals surface area contributed by atoms with Crippen molar-refractivity contribution in [1.82, 2.24) is 5.32 Å². The molecule has 0 saturated heterocycles. The largest absolute Gasteiger partial charge is 0.482 e. The molecule has 1 aromatic carbocycles. The summed E-state index contributed by atoms with van der Waals surface area (Å²) in [5.74, 6) is 1.42. The predicted molar refractivity (Wildman–Crippen MR) is 83.5 cm³/mol.